The van der Waals surface area contributed by atoms with Gasteiger partial charge in [-0.15, -0.1) is 0 Å². The Morgan fingerprint density at radius 1 is 1.57 bits per heavy atom. The molecule has 0 fully saturated rings. The molecule has 0 amide bonds. The van der Waals surface area contributed by atoms with Gasteiger partial charge in [0.05, 0.1) is 24.8 Å². The van der Waals surface area contributed by atoms with Gasteiger partial charge < -0.3 is 15.0 Å². The molecule has 1 aromatic heterocycles. The van der Waals surface area contributed by atoms with Gasteiger partial charge in [0.15, 0.2) is 0 Å². The van der Waals surface area contributed by atoms with Crippen molar-refractivity contribution in [2.45, 2.75) is 5.54 Å². The van der Waals surface area contributed by atoms with Crippen LogP contribution in [0.1, 0.15) is 5.69 Å². The molecular formula is C10H13N3O. The van der Waals surface area contributed by atoms with E-state index in [9.17, 15) is 5.11 Å². The van der Waals surface area contributed by atoms with Crippen LogP contribution in [0.25, 0.3) is 0 Å². The van der Waals surface area contributed by atoms with Gasteiger partial charge in [-0.25, -0.2) is 4.98 Å². The first kappa shape index (κ1) is 9.02. The van der Waals surface area contributed by atoms with Gasteiger partial charge in [-0.05, 0) is 12.3 Å². The third-order valence-corrected chi connectivity index (χ3v) is 2.45. The van der Waals surface area contributed by atoms with E-state index >= 15 is 0 Å². The fraction of sp³-hybridized carbons (Fsp3) is 0.300. The first-order valence-corrected chi connectivity index (χ1v) is 4.48. The molecule has 1 aromatic rings. The Balaban J connectivity index is 2.43. The first-order valence-electron chi connectivity index (χ1n) is 4.48. The van der Waals surface area contributed by atoms with Gasteiger partial charge in [0.1, 0.15) is 5.54 Å². The second kappa shape index (κ2) is 3.31. The van der Waals surface area contributed by atoms with Crippen LogP contribution in [0.2, 0.25) is 0 Å². The number of nitrogens with zero attached hydrogens (tertiary/aromatic N) is 2. The van der Waals surface area contributed by atoms with Gasteiger partial charge in [0.25, 0.3) is 0 Å². The number of dihydropyridines is 1. The summed E-state index contributed by atoms with van der Waals surface area (Å²) in [6.07, 6.45) is 11.0. The summed E-state index contributed by atoms with van der Waals surface area (Å²) < 4.78 is 1.90. The topological polar surface area (TPSA) is 50.1 Å². The highest BCUT2D eigenvalue weighted by Crippen LogP contribution is 2.23. The number of aromatic nitrogens is 2. The van der Waals surface area contributed by atoms with Gasteiger partial charge in [0.2, 0.25) is 0 Å². The van der Waals surface area contributed by atoms with E-state index in [1.807, 2.05) is 36.0 Å². The Morgan fingerprint density at radius 2 is 2.43 bits per heavy atom. The molecule has 0 spiro atoms. The zero-order valence-corrected chi connectivity index (χ0v) is 8.01. The van der Waals surface area contributed by atoms with E-state index in [2.05, 4.69) is 10.3 Å². The number of rotatable bonds is 2. The van der Waals surface area contributed by atoms with Crippen molar-refractivity contribution in [2.24, 2.45) is 7.05 Å². The molecule has 0 aliphatic carbocycles. The van der Waals surface area contributed by atoms with Crippen molar-refractivity contribution in [1.29, 1.82) is 0 Å². The van der Waals surface area contributed by atoms with Crippen LogP contribution in [0.4, 0.5) is 0 Å². The number of allylic oxidation sites excluding steroid dienone is 2. The lowest BCUT2D eigenvalue weighted by molar-refractivity contribution is 0.202. The van der Waals surface area contributed by atoms with E-state index in [1.54, 1.807) is 12.5 Å². The molecular weight excluding hydrogens is 178 g/mol. The molecule has 14 heavy (non-hydrogen) atoms. The molecule has 2 N–H and O–H groups in total. The largest absolute Gasteiger partial charge is 0.393 e. The maximum absolute atomic E-state index is 9.45. The normalized spacial score (nSPS) is 25.0. The lowest BCUT2D eigenvalue weighted by atomic mass is 9.94. The first-order chi connectivity index (χ1) is 6.78. The summed E-state index contributed by atoms with van der Waals surface area (Å²) in [7, 11) is 1.91. The highest BCUT2D eigenvalue weighted by molar-refractivity contribution is 5.29. The highest BCUT2D eigenvalue weighted by atomic mass is 16.3. The van der Waals surface area contributed by atoms with Crippen LogP contribution in [0.15, 0.2) is 37.0 Å². The summed E-state index contributed by atoms with van der Waals surface area (Å²) >= 11 is 0. The van der Waals surface area contributed by atoms with Crippen LogP contribution >= 0.6 is 0 Å². The molecule has 0 bridgehead atoms. The Labute approximate surface area is 82.6 Å². The number of hydrogen-bond donors (Lipinski definition) is 2. The standard InChI is InChI=1S/C10H13N3O/c1-13-8-11-6-9(13)10(7-14)4-2-3-5-12-10/h2-6,8,12,14H,7H2,1H3. The SMILES string of the molecule is Cn1cncc1C1(CO)C=CC=CN1. The van der Waals surface area contributed by atoms with E-state index in [1.165, 1.54) is 0 Å². The second-order valence-corrected chi connectivity index (χ2v) is 3.38. The Kier molecular flexibility index (Phi) is 2.13. The Hall–Kier alpha value is -1.55. The maximum atomic E-state index is 9.45. The van der Waals surface area contributed by atoms with Gasteiger partial charge in [-0.1, -0.05) is 12.2 Å². The van der Waals surface area contributed by atoms with E-state index < -0.39 is 5.54 Å². The third kappa shape index (κ3) is 1.24. The van der Waals surface area contributed by atoms with Gasteiger partial charge >= 0.3 is 0 Å². The monoisotopic (exact) mass is 191 g/mol. The predicted molar refractivity (Wildman–Crippen MR) is 53.4 cm³/mol. The second-order valence-electron chi connectivity index (χ2n) is 3.38. The molecule has 0 saturated heterocycles. The average molecular weight is 191 g/mol. The van der Waals surface area contributed by atoms with E-state index in [4.69, 9.17) is 0 Å². The summed E-state index contributed by atoms with van der Waals surface area (Å²) in [6, 6.07) is 0. The smallest absolute Gasteiger partial charge is 0.121 e. The van der Waals surface area contributed by atoms with Crippen molar-refractivity contribution in [3.63, 3.8) is 0 Å². The lowest BCUT2D eigenvalue weighted by Gasteiger charge is -2.30. The van der Waals surface area contributed by atoms with Crippen molar-refractivity contribution < 1.29 is 5.11 Å². The van der Waals surface area contributed by atoms with Crippen LogP contribution in [0.5, 0.6) is 0 Å². The minimum Gasteiger partial charge on any atom is -0.393 e. The summed E-state index contributed by atoms with van der Waals surface area (Å²) in [6.45, 7) is 0.00731. The van der Waals surface area contributed by atoms with Crippen LogP contribution in [0.3, 0.4) is 0 Å². The lowest BCUT2D eigenvalue weighted by Crippen LogP contribution is -2.43. The molecule has 2 rings (SSSR count). The molecule has 1 aliphatic heterocycles. The predicted octanol–water partition coefficient (Wildman–Crippen LogP) is 0.281. The average Bonchev–Trinajstić information content (AvgIpc) is 2.66. The summed E-state index contributed by atoms with van der Waals surface area (Å²) in [5.41, 5.74) is 0.417. The summed E-state index contributed by atoms with van der Waals surface area (Å²) in [4.78, 5) is 4.04. The molecule has 4 nitrogen and oxygen atoms in total. The quantitative estimate of drug-likeness (QED) is 0.706. The zero-order valence-electron chi connectivity index (χ0n) is 8.01. The minimum atomic E-state index is -0.528. The Morgan fingerprint density at radius 3 is 2.93 bits per heavy atom. The van der Waals surface area contributed by atoms with E-state index in [0.29, 0.717) is 0 Å². The number of aryl methyl sites for hydroxylation is 1. The summed E-state index contributed by atoms with van der Waals surface area (Å²) in [5, 5.41) is 12.6. The number of aliphatic hydroxyl groups is 1. The van der Waals surface area contributed by atoms with Crippen LogP contribution in [-0.4, -0.2) is 21.3 Å². The number of nitrogens with one attached hydrogen (secondary N) is 1. The van der Waals surface area contributed by atoms with Gasteiger partial charge in [0, 0.05) is 7.05 Å². The molecule has 2 heterocycles. The number of hydrogen-bond acceptors (Lipinski definition) is 3. The van der Waals surface area contributed by atoms with E-state index in [0.717, 1.165) is 5.69 Å². The van der Waals surface area contributed by atoms with Gasteiger partial charge in [-0.2, -0.15) is 0 Å². The number of aliphatic hydroxyl groups excluding tert-OH is 1. The molecule has 74 valence electrons. The molecule has 4 heteroatoms. The van der Waals surface area contributed by atoms with Crippen LogP contribution in [0, 0.1) is 0 Å². The zero-order chi connectivity index (χ0) is 10.0. The van der Waals surface area contributed by atoms with Crippen molar-refractivity contribution in [2.75, 3.05) is 6.61 Å². The molecule has 1 unspecified atom stereocenters. The fourth-order valence-electron chi connectivity index (χ4n) is 1.65. The highest BCUT2D eigenvalue weighted by Gasteiger charge is 2.30. The van der Waals surface area contributed by atoms with E-state index in [-0.39, 0.29) is 6.61 Å². The van der Waals surface area contributed by atoms with Crippen molar-refractivity contribution in [3.05, 3.63) is 42.6 Å². The molecule has 1 atom stereocenters. The van der Waals surface area contributed by atoms with Crippen LogP contribution < -0.4 is 5.32 Å². The maximum Gasteiger partial charge on any atom is 0.121 e. The molecule has 0 saturated carbocycles. The fourth-order valence-corrected chi connectivity index (χ4v) is 1.65. The minimum absolute atomic E-state index is 0.00731. The molecule has 1 aliphatic rings. The van der Waals surface area contributed by atoms with Crippen LogP contribution in [-0.2, 0) is 12.6 Å². The van der Waals surface area contributed by atoms with Crippen molar-refractivity contribution in [1.82, 2.24) is 14.9 Å². The summed E-state index contributed by atoms with van der Waals surface area (Å²) in [5.74, 6) is 0. The Bertz CT molecular complexity index is 380. The third-order valence-electron chi connectivity index (χ3n) is 2.45. The molecule has 0 radical (unpaired) electrons. The number of imidazole rings is 1. The van der Waals surface area contributed by atoms with Crippen molar-refractivity contribution in [3.8, 4) is 0 Å². The van der Waals surface area contributed by atoms with Gasteiger partial charge in [-0.3, -0.25) is 0 Å². The molecule has 0 aromatic carbocycles. The van der Waals surface area contributed by atoms with Crippen molar-refractivity contribution >= 4 is 0 Å².